The van der Waals surface area contributed by atoms with Crippen LogP contribution in [0.1, 0.15) is 11.1 Å². The number of alkyl halides is 3. The summed E-state index contributed by atoms with van der Waals surface area (Å²) in [5, 5.41) is 15.3. The van der Waals surface area contributed by atoms with E-state index in [1.807, 2.05) is 0 Å². The second kappa shape index (κ2) is 8.54. The van der Waals surface area contributed by atoms with Gasteiger partial charge in [0.15, 0.2) is 11.6 Å². The molecular weight excluding hydrogens is 423 g/mol. The van der Waals surface area contributed by atoms with E-state index in [1.54, 1.807) is 18.2 Å². The van der Waals surface area contributed by atoms with Crippen molar-refractivity contribution < 1.29 is 23.1 Å². The van der Waals surface area contributed by atoms with Gasteiger partial charge in [0.1, 0.15) is 0 Å². The molecule has 0 radical (unpaired) electrons. The number of aromatic nitrogens is 3. The maximum atomic E-state index is 12.8. The predicted molar refractivity (Wildman–Crippen MR) is 104 cm³/mol. The molecule has 30 heavy (non-hydrogen) atoms. The standard InChI is InChI=1S/C19H15ClF3N5O2/c1-24-17(29)25-9-10-2-7-14(20)13(8-10)16-26-15(27-18(30)28-16)11-3-5-12(6-4-11)19(21,22)23/h2-8H,9H2,1H3,(H2,24,25,29)(H,26,27,28,30). The van der Waals surface area contributed by atoms with Crippen molar-refractivity contribution in [2.24, 2.45) is 0 Å². The molecule has 0 saturated heterocycles. The largest absolute Gasteiger partial charge is 0.479 e. The van der Waals surface area contributed by atoms with Crippen molar-refractivity contribution in [3.8, 4) is 28.8 Å². The minimum absolute atomic E-state index is 0.0174. The highest BCUT2D eigenvalue weighted by Gasteiger charge is 2.30. The van der Waals surface area contributed by atoms with E-state index >= 15 is 0 Å². The molecule has 3 N–H and O–H groups in total. The van der Waals surface area contributed by atoms with Gasteiger partial charge in [0.25, 0.3) is 0 Å². The van der Waals surface area contributed by atoms with Crippen LogP contribution in [0, 0.1) is 0 Å². The van der Waals surface area contributed by atoms with E-state index < -0.39 is 17.8 Å². The minimum atomic E-state index is -4.47. The summed E-state index contributed by atoms with van der Waals surface area (Å²) in [4.78, 5) is 23.2. The molecule has 0 saturated carbocycles. The van der Waals surface area contributed by atoms with Crippen LogP contribution in [0.2, 0.25) is 5.02 Å². The van der Waals surface area contributed by atoms with Crippen molar-refractivity contribution in [2.75, 3.05) is 7.05 Å². The van der Waals surface area contributed by atoms with Crippen molar-refractivity contribution >= 4 is 17.6 Å². The summed E-state index contributed by atoms with van der Waals surface area (Å²) in [6.07, 6.45) is -4.47. The quantitative estimate of drug-likeness (QED) is 0.572. The fourth-order valence-electron chi connectivity index (χ4n) is 2.55. The number of carbonyl (C=O) groups excluding carboxylic acids is 1. The van der Waals surface area contributed by atoms with Crippen LogP contribution in [-0.4, -0.2) is 33.1 Å². The summed E-state index contributed by atoms with van der Waals surface area (Å²) in [5.41, 5.74) is 0.493. The summed E-state index contributed by atoms with van der Waals surface area (Å²) >= 11 is 6.24. The summed E-state index contributed by atoms with van der Waals surface area (Å²) in [7, 11) is 1.49. The zero-order valence-electron chi connectivity index (χ0n) is 15.5. The van der Waals surface area contributed by atoms with E-state index in [4.69, 9.17) is 11.6 Å². The van der Waals surface area contributed by atoms with Gasteiger partial charge in [-0.3, -0.25) is 0 Å². The molecule has 0 spiro atoms. The van der Waals surface area contributed by atoms with Gasteiger partial charge in [-0.05, 0) is 29.8 Å². The third kappa shape index (κ3) is 4.95. The predicted octanol–water partition coefficient (Wildman–Crippen LogP) is 4.01. The number of hydrogen-bond donors (Lipinski definition) is 3. The average molecular weight is 438 g/mol. The Morgan fingerprint density at radius 1 is 1.07 bits per heavy atom. The van der Waals surface area contributed by atoms with Crippen LogP contribution in [0.4, 0.5) is 18.0 Å². The fourth-order valence-corrected chi connectivity index (χ4v) is 2.75. The smallest absolute Gasteiger partial charge is 0.416 e. The molecular formula is C19H15ClF3N5O2. The first-order valence-electron chi connectivity index (χ1n) is 8.54. The van der Waals surface area contributed by atoms with Crippen LogP contribution in [0.15, 0.2) is 42.5 Å². The Hall–Kier alpha value is -3.40. The number of aromatic hydroxyl groups is 1. The highest BCUT2D eigenvalue weighted by atomic mass is 35.5. The van der Waals surface area contributed by atoms with Crippen molar-refractivity contribution in [3.05, 3.63) is 58.6 Å². The van der Waals surface area contributed by atoms with Crippen LogP contribution in [0.25, 0.3) is 22.8 Å². The van der Waals surface area contributed by atoms with Gasteiger partial charge < -0.3 is 15.7 Å². The Bertz CT molecular complexity index is 1070. The number of hydrogen-bond acceptors (Lipinski definition) is 5. The van der Waals surface area contributed by atoms with E-state index in [-0.39, 0.29) is 34.8 Å². The first-order valence-corrected chi connectivity index (χ1v) is 8.92. The lowest BCUT2D eigenvalue weighted by atomic mass is 10.1. The molecule has 1 heterocycles. The molecule has 2 aromatic carbocycles. The number of rotatable bonds is 4. The van der Waals surface area contributed by atoms with Gasteiger partial charge in [0.2, 0.25) is 0 Å². The number of urea groups is 1. The third-order valence-corrected chi connectivity index (χ3v) is 4.38. The van der Waals surface area contributed by atoms with Crippen molar-refractivity contribution in [2.45, 2.75) is 12.7 Å². The Labute approximate surface area is 174 Å². The lowest BCUT2D eigenvalue weighted by Crippen LogP contribution is -2.32. The number of carbonyl (C=O) groups is 1. The zero-order valence-corrected chi connectivity index (χ0v) is 16.2. The lowest BCUT2D eigenvalue weighted by molar-refractivity contribution is -0.137. The second-order valence-corrected chi connectivity index (χ2v) is 6.51. The van der Waals surface area contributed by atoms with Crippen LogP contribution in [-0.2, 0) is 12.7 Å². The Kier molecular flexibility index (Phi) is 6.06. The first kappa shape index (κ1) is 21.3. The second-order valence-electron chi connectivity index (χ2n) is 6.10. The molecule has 0 atom stereocenters. The van der Waals surface area contributed by atoms with E-state index in [0.29, 0.717) is 11.1 Å². The van der Waals surface area contributed by atoms with Gasteiger partial charge in [-0.2, -0.15) is 23.1 Å². The molecule has 11 heteroatoms. The maximum Gasteiger partial charge on any atom is 0.416 e. The van der Waals surface area contributed by atoms with Gasteiger partial charge in [0.05, 0.1) is 10.6 Å². The van der Waals surface area contributed by atoms with Crippen LogP contribution in [0.5, 0.6) is 6.01 Å². The van der Waals surface area contributed by atoms with E-state index in [2.05, 4.69) is 25.6 Å². The van der Waals surface area contributed by atoms with Crippen molar-refractivity contribution in [3.63, 3.8) is 0 Å². The summed E-state index contributed by atoms with van der Waals surface area (Å²) < 4.78 is 38.3. The molecule has 0 fully saturated rings. The Morgan fingerprint density at radius 2 is 1.73 bits per heavy atom. The van der Waals surface area contributed by atoms with Crippen LogP contribution >= 0.6 is 11.6 Å². The van der Waals surface area contributed by atoms with Gasteiger partial charge in [-0.15, -0.1) is 0 Å². The molecule has 0 aliphatic heterocycles. The normalized spacial score (nSPS) is 11.2. The molecule has 2 amide bonds. The van der Waals surface area contributed by atoms with E-state index in [0.717, 1.165) is 12.1 Å². The van der Waals surface area contributed by atoms with Gasteiger partial charge >= 0.3 is 18.2 Å². The summed E-state index contributed by atoms with van der Waals surface area (Å²) in [6.45, 7) is 0.201. The Balaban J connectivity index is 1.96. The van der Waals surface area contributed by atoms with E-state index in [9.17, 15) is 23.1 Å². The summed E-state index contributed by atoms with van der Waals surface area (Å²) in [6, 6.07) is 8.12. The molecule has 0 bridgehead atoms. The zero-order chi connectivity index (χ0) is 21.9. The third-order valence-electron chi connectivity index (χ3n) is 4.05. The molecule has 1 aromatic heterocycles. The van der Waals surface area contributed by atoms with E-state index in [1.165, 1.54) is 19.2 Å². The number of benzene rings is 2. The SMILES string of the molecule is CNC(=O)NCc1ccc(Cl)c(-c2nc(O)nc(-c3ccc(C(F)(F)F)cc3)n2)c1. The number of halogens is 4. The molecule has 0 unspecified atom stereocenters. The number of amides is 2. The maximum absolute atomic E-state index is 12.8. The average Bonchev–Trinajstić information content (AvgIpc) is 2.72. The molecule has 0 aliphatic carbocycles. The van der Waals surface area contributed by atoms with Gasteiger partial charge in [-0.25, -0.2) is 9.78 Å². The minimum Gasteiger partial charge on any atom is -0.479 e. The lowest BCUT2D eigenvalue weighted by Gasteiger charge is -2.10. The monoisotopic (exact) mass is 437 g/mol. The first-order chi connectivity index (χ1) is 14.2. The van der Waals surface area contributed by atoms with Gasteiger partial charge in [0, 0.05) is 24.7 Å². The topological polar surface area (TPSA) is 100 Å². The highest BCUT2D eigenvalue weighted by molar-refractivity contribution is 6.33. The number of nitrogens with one attached hydrogen (secondary N) is 2. The Morgan fingerprint density at radius 3 is 2.37 bits per heavy atom. The molecule has 156 valence electrons. The van der Waals surface area contributed by atoms with Crippen LogP contribution in [0.3, 0.4) is 0 Å². The van der Waals surface area contributed by atoms with Crippen LogP contribution < -0.4 is 10.6 Å². The fraction of sp³-hybridized carbons (Fsp3) is 0.158. The molecule has 3 rings (SSSR count). The highest BCUT2D eigenvalue weighted by Crippen LogP contribution is 2.32. The summed E-state index contributed by atoms with van der Waals surface area (Å²) in [5.74, 6) is 0.0142. The van der Waals surface area contributed by atoms with Crippen molar-refractivity contribution in [1.82, 2.24) is 25.6 Å². The molecule has 7 nitrogen and oxygen atoms in total. The molecule has 0 aliphatic rings. The van der Waals surface area contributed by atoms with Crippen molar-refractivity contribution in [1.29, 1.82) is 0 Å². The number of nitrogens with zero attached hydrogens (tertiary/aromatic N) is 3. The molecule has 3 aromatic rings. The van der Waals surface area contributed by atoms with Gasteiger partial charge in [-0.1, -0.05) is 29.8 Å².